The van der Waals surface area contributed by atoms with Gasteiger partial charge in [0.1, 0.15) is 5.54 Å². The molecule has 0 aromatic heterocycles. The molecule has 2 rings (SSSR count). The zero-order chi connectivity index (χ0) is 16.2. The summed E-state index contributed by atoms with van der Waals surface area (Å²) in [5.41, 5.74) is 6.93. The number of primary amides is 1. The summed E-state index contributed by atoms with van der Waals surface area (Å²) < 4.78 is 0. The van der Waals surface area contributed by atoms with Crippen LogP contribution in [0.25, 0.3) is 0 Å². The van der Waals surface area contributed by atoms with Crippen LogP contribution < -0.4 is 16.4 Å². The molecule has 5 nitrogen and oxygen atoms in total. The van der Waals surface area contributed by atoms with Crippen molar-refractivity contribution in [3.05, 3.63) is 35.4 Å². The Hall–Kier alpha value is -1.88. The first-order valence-electron chi connectivity index (χ1n) is 7.81. The van der Waals surface area contributed by atoms with Crippen LogP contribution in [-0.4, -0.2) is 30.4 Å². The van der Waals surface area contributed by atoms with E-state index in [1.54, 1.807) is 0 Å². The van der Waals surface area contributed by atoms with Crippen LogP contribution in [0.2, 0.25) is 0 Å². The molecule has 1 aromatic rings. The fraction of sp³-hybridized carbons (Fsp3) is 0.529. The molecule has 0 fully saturated rings. The van der Waals surface area contributed by atoms with Gasteiger partial charge in [0.15, 0.2) is 0 Å². The summed E-state index contributed by atoms with van der Waals surface area (Å²) in [5.74, 6) is 0.00352. The molecule has 0 atom stereocenters. The fourth-order valence-corrected chi connectivity index (χ4v) is 2.85. The van der Waals surface area contributed by atoms with Crippen molar-refractivity contribution in [2.75, 3.05) is 13.1 Å². The Bertz CT molecular complexity index is 530. The highest BCUT2D eigenvalue weighted by Gasteiger charge is 2.43. The second-order valence-corrected chi connectivity index (χ2v) is 6.45. The normalized spacial score (nSPS) is 15.6. The average Bonchev–Trinajstić information content (AvgIpc) is 2.84. The molecule has 4 N–H and O–H groups in total. The molecular formula is C17H25N3O2. The van der Waals surface area contributed by atoms with Crippen LogP contribution in [0.5, 0.6) is 0 Å². The smallest absolute Gasteiger partial charge is 0.241 e. The number of nitrogens with two attached hydrogens (primary N) is 1. The van der Waals surface area contributed by atoms with Gasteiger partial charge < -0.3 is 16.4 Å². The Labute approximate surface area is 131 Å². The SMILES string of the molecule is CC(C)CNC1(C(=O)NCCC(N)=O)Cc2ccccc2C1. The lowest BCUT2D eigenvalue weighted by Crippen LogP contribution is -2.58. The van der Waals surface area contributed by atoms with E-state index >= 15 is 0 Å². The molecule has 1 aliphatic rings. The Morgan fingerprint density at radius 2 is 1.82 bits per heavy atom. The average molecular weight is 303 g/mol. The summed E-state index contributed by atoms with van der Waals surface area (Å²) in [4.78, 5) is 23.5. The Morgan fingerprint density at radius 1 is 1.23 bits per heavy atom. The third-order valence-electron chi connectivity index (χ3n) is 4.04. The maximum absolute atomic E-state index is 12.7. The molecule has 1 aromatic carbocycles. The van der Waals surface area contributed by atoms with E-state index in [4.69, 9.17) is 5.73 Å². The van der Waals surface area contributed by atoms with Crippen LogP contribution in [0.4, 0.5) is 0 Å². The maximum Gasteiger partial charge on any atom is 0.241 e. The first kappa shape index (κ1) is 16.5. The van der Waals surface area contributed by atoms with Gasteiger partial charge in [-0.05, 0) is 23.6 Å². The van der Waals surface area contributed by atoms with Crippen LogP contribution in [0.3, 0.4) is 0 Å². The van der Waals surface area contributed by atoms with Crippen molar-refractivity contribution in [1.82, 2.24) is 10.6 Å². The van der Waals surface area contributed by atoms with Gasteiger partial charge >= 0.3 is 0 Å². The molecule has 0 bridgehead atoms. The van der Waals surface area contributed by atoms with Gasteiger partial charge in [0.25, 0.3) is 0 Å². The first-order valence-corrected chi connectivity index (χ1v) is 7.81. The predicted octanol–water partition coefficient (Wildman–Crippen LogP) is 0.761. The number of amides is 2. The van der Waals surface area contributed by atoms with Gasteiger partial charge in [-0.2, -0.15) is 0 Å². The van der Waals surface area contributed by atoms with Gasteiger partial charge in [0.2, 0.25) is 11.8 Å². The minimum absolute atomic E-state index is 0.0504. The van der Waals surface area contributed by atoms with Crippen molar-refractivity contribution in [3.63, 3.8) is 0 Å². The van der Waals surface area contributed by atoms with Crippen molar-refractivity contribution < 1.29 is 9.59 Å². The third kappa shape index (κ3) is 3.85. The van der Waals surface area contributed by atoms with Crippen molar-refractivity contribution in [2.24, 2.45) is 11.7 Å². The number of rotatable bonds is 7. The molecule has 1 aliphatic carbocycles. The molecule has 5 heteroatoms. The quantitative estimate of drug-likeness (QED) is 0.695. The van der Waals surface area contributed by atoms with Crippen molar-refractivity contribution in [3.8, 4) is 0 Å². The third-order valence-corrected chi connectivity index (χ3v) is 4.04. The van der Waals surface area contributed by atoms with E-state index in [9.17, 15) is 9.59 Å². The van der Waals surface area contributed by atoms with E-state index in [0.717, 1.165) is 6.54 Å². The summed E-state index contributed by atoms with van der Waals surface area (Å²) in [5, 5.41) is 6.30. The fourth-order valence-electron chi connectivity index (χ4n) is 2.85. The lowest BCUT2D eigenvalue weighted by Gasteiger charge is -2.30. The summed E-state index contributed by atoms with van der Waals surface area (Å²) in [6.45, 7) is 5.30. The van der Waals surface area contributed by atoms with Crippen LogP contribution in [0.15, 0.2) is 24.3 Å². The van der Waals surface area contributed by atoms with E-state index in [-0.39, 0.29) is 18.9 Å². The molecule has 2 amide bonds. The minimum Gasteiger partial charge on any atom is -0.370 e. The van der Waals surface area contributed by atoms with E-state index < -0.39 is 11.4 Å². The highest BCUT2D eigenvalue weighted by molar-refractivity contribution is 5.88. The Morgan fingerprint density at radius 3 is 2.32 bits per heavy atom. The number of fused-ring (bicyclic) bond motifs is 1. The second-order valence-electron chi connectivity index (χ2n) is 6.45. The maximum atomic E-state index is 12.7. The van der Waals surface area contributed by atoms with E-state index in [0.29, 0.717) is 18.8 Å². The molecule has 0 radical (unpaired) electrons. The number of carbonyl (C=O) groups excluding carboxylic acids is 2. The second kappa shape index (κ2) is 6.92. The highest BCUT2D eigenvalue weighted by atomic mass is 16.2. The van der Waals surface area contributed by atoms with Crippen LogP contribution in [-0.2, 0) is 22.4 Å². The molecule has 0 heterocycles. The van der Waals surface area contributed by atoms with Crippen molar-refractivity contribution in [2.45, 2.75) is 38.6 Å². The summed E-state index contributed by atoms with van der Waals surface area (Å²) in [6, 6.07) is 8.15. The van der Waals surface area contributed by atoms with Crippen LogP contribution in [0.1, 0.15) is 31.4 Å². The van der Waals surface area contributed by atoms with Gasteiger partial charge in [0, 0.05) is 25.8 Å². The lowest BCUT2D eigenvalue weighted by molar-refractivity contribution is -0.127. The number of hydrogen-bond acceptors (Lipinski definition) is 3. The standard InChI is InChI=1S/C17H25N3O2/c1-12(2)11-20-17(16(22)19-8-7-15(18)21)9-13-5-3-4-6-14(13)10-17/h3-6,12,20H,7-11H2,1-2H3,(H2,18,21)(H,19,22). The van der Waals surface area contributed by atoms with E-state index in [1.165, 1.54) is 11.1 Å². The summed E-state index contributed by atoms with van der Waals surface area (Å²) >= 11 is 0. The van der Waals surface area contributed by atoms with Crippen LogP contribution in [0, 0.1) is 5.92 Å². The molecule has 0 aliphatic heterocycles. The van der Waals surface area contributed by atoms with Crippen LogP contribution >= 0.6 is 0 Å². The van der Waals surface area contributed by atoms with Gasteiger partial charge in [-0.1, -0.05) is 38.1 Å². The largest absolute Gasteiger partial charge is 0.370 e. The van der Waals surface area contributed by atoms with Gasteiger partial charge in [-0.3, -0.25) is 9.59 Å². The molecule has 0 spiro atoms. The molecule has 0 saturated heterocycles. The van der Waals surface area contributed by atoms with Gasteiger partial charge in [-0.25, -0.2) is 0 Å². The van der Waals surface area contributed by atoms with E-state index in [2.05, 4.69) is 36.6 Å². The monoisotopic (exact) mass is 303 g/mol. The number of hydrogen-bond donors (Lipinski definition) is 3. The lowest BCUT2D eigenvalue weighted by atomic mass is 9.93. The van der Waals surface area contributed by atoms with E-state index in [1.807, 2.05) is 12.1 Å². The van der Waals surface area contributed by atoms with Gasteiger partial charge in [-0.15, -0.1) is 0 Å². The predicted molar refractivity (Wildman–Crippen MR) is 86.2 cm³/mol. The van der Waals surface area contributed by atoms with Gasteiger partial charge in [0.05, 0.1) is 0 Å². The molecule has 0 unspecified atom stereocenters. The first-order chi connectivity index (χ1) is 10.4. The summed E-state index contributed by atoms with van der Waals surface area (Å²) in [6.07, 6.45) is 1.52. The van der Waals surface area contributed by atoms with Crippen molar-refractivity contribution in [1.29, 1.82) is 0 Å². The highest BCUT2D eigenvalue weighted by Crippen LogP contribution is 2.30. The number of carbonyl (C=O) groups is 2. The molecular weight excluding hydrogens is 278 g/mol. The molecule has 0 saturated carbocycles. The van der Waals surface area contributed by atoms with Crippen molar-refractivity contribution >= 4 is 11.8 Å². The minimum atomic E-state index is -0.619. The number of nitrogens with one attached hydrogen (secondary N) is 2. The molecule has 22 heavy (non-hydrogen) atoms. The zero-order valence-electron chi connectivity index (χ0n) is 13.3. The Kier molecular flexibility index (Phi) is 5.19. The molecule has 120 valence electrons. The number of benzene rings is 1. The zero-order valence-corrected chi connectivity index (χ0v) is 13.3. The summed E-state index contributed by atoms with van der Waals surface area (Å²) in [7, 11) is 0. The topological polar surface area (TPSA) is 84.2 Å². The Balaban J connectivity index is 2.10.